The SMILES string of the molecule is CCNCc1cnn(-c2cc(F)c(F)cc2F)c1C1CC1. The molecule has 0 unspecified atom stereocenters. The molecule has 112 valence electrons. The summed E-state index contributed by atoms with van der Waals surface area (Å²) in [6.45, 7) is 3.44. The van der Waals surface area contributed by atoms with Crippen LogP contribution in [0, 0.1) is 17.5 Å². The van der Waals surface area contributed by atoms with Gasteiger partial charge in [-0.3, -0.25) is 0 Å². The quantitative estimate of drug-likeness (QED) is 0.858. The van der Waals surface area contributed by atoms with Crippen LogP contribution in [0.3, 0.4) is 0 Å². The van der Waals surface area contributed by atoms with Crippen molar-refractivity contribution in [3.63, 3.8) is 0 Å². The lowest BCUT2D eigenvalue weighted by atomic mass is 10.1. The summed E-state index contributed by atoms with van der Waals surface area (Å²) in [7, 11) is 0. The number of halogens is 3. The van der Waals surface area contributed by atoms with Gasteiger partial charge in [-0.15, -0.1) is 0 Å². The van der Waals surface area contributed by atoms with Crippen LogP contribution in [-0.2, 0) is 6.54 Å². The van der Waals surface area contributed by atoms with E-state index in [0.717, 1.165) is 36.7 Å². The average Bonchev–Trinajstić information content (AvgIpc) is 3.21. The van der Waals surface area contributed by atoms with Gasteiger partial charge in [0.1, 0.15) is 5.69 Å². The third-order valence-electron chi connectivity index (χ3n) is 3.63. The summed E-state index contributed by atoms with van der Waals surface area (Å²) < 4.78 is 41.8. The maximum Gasteiger partial charge on any atom is 0.161 e. The Bertz CT molecular complexity index is 662. The van der Waals surface area contributed by atoms with Gasteiger partial charge in [0.15, 0.2) is 17.5 Å². The molecule has 1 heterocycles. The van der Waals surface area contributed by atoms with Crippen molar-refractivity contribution in [3.8, 4) is 5.69 Å². The smallest absolute Gasteiger partial charge is 0.161 e. The van der Waals surface area contributed by atoms with Crippen LogP contribution in [0.5, 0.6) is 0 Å². The van der Waals surface area contributed by atoms with Gasteiger partial charge >= 0.3 is 0 Å². The first-order valence-electron chi connectivity index (χ1n) is 7.04. The molecule has 2 aromatic rings. The minimum absolute atomic E-state index is 0.0430. The maximum absolute atomic E-state index is 14.0. The third-order valence-corrected chi connectivity index (χ3v) is 3.63. The van der Waals surface area contributed by atoms with Crippen LogP contribution >= 0.6 is 0 Å². The molecule has 1 aromatic heterocycles. The summed E-state index contributed by atoms with van der Waals surface area (Å²) in [5.41, 5.74) is 1.82. The molecule has 0 amide bonds. The van der Waals surface area contributed by atoms with Crippen LogP contribution in [-0.4, -0.2) is 16.3 Å². The Labute approximate surface area is 120 Å². The summed E-state index contributed by atoms with van der Waals surface area (Å²) >= 11 is 0. The van der Waals surface area contributed by atoms with Crippen molar-refractivity contribution >= 4 is 0 Å². The summed E-state index contributed by atoms with van der Waals surface area (Å²) in [5, 5.41) is 7.39. The van der Waals surface area contributed by atoms with Gasteiger partial charge in [0.2, 0.25) is 0 Å². The van der Waals surface area contributed by atoms with Gasteiger partial charge in [-0.1, -0.05) is 6.92 Å². The molecule has 21 heavy (non-hydrogen) atoms. The van der Waals surface area contributed by atoms with E-state index in [1.165, 1.54) is 4.68 Å². The highest BCUT2D eigenvalue weighted by atomic mass is 19.2. The minimum Gasteiger partial charge on any atom is -0.313 e. The number of rotatable bonds is 5. The molecule has 3 nitrogen and oxygen atoms in total. The predicted molar refractivity (Wildman–Crippen MR) is 72.8 cm³/mol. The highest BCUT2D eigenvalue weighted by Gasteiger charge is 2.31. The Morgan fingerprint density at radius 1 is 1.19 bits per heavy atom. The molecule has 1 fully saturated rings. The van der Waals surface area contributed by atoms with E-state index in [0.29, 0.717) is 18.5 Å². The first kappa shape index (κ1) is 14.1. The number of nitrogens with zero attached hydrogens (tertiary/aromatic N) is 2. The molecule has 0 spiro atoms. The molecule has 1 aliphatic carbocycles. The molecule has 0 bridgehead atoms. The van der Waals surface area contributed by atoms with E-state index in [1.54, 1.807) is 6.20 Å². The van der Waals surface area contributed by atoms with Crippen LogP contribution in [0.4, 0.5) is 13.2 Å². The van der Waals surface area contributed by atoms with Crippen molar-refractivity contribution in [2.75, 3.05) is 6.54 Å². The number of hydrogen-bond acceptors (Lipinski definition) is 2. The largest absolute Gasteiger partial charge is 0.313 e. The molecule has 0 saturated heterocycles. The lowest BCUT2D eigenvalue weighted by Gasteiger charge is -2.10. The lowest BCUT2D eigenvalue weighted by molar-refractivity contribution is 0.491. The van der Waals surface area contributed by atoms with E-state index >= 15 is 0 Å². The lowest BCUT2D eigenvalue weighted by Crippen LogP contribution is -2.13. The fraction of sp³-hybridized carbons (Fsp3) is 0.400. The summed E-state index contributed by atoms with van der Waals surface area (Å²) in [5.74, 6) is -2.76. The van der Waals surface area contributed by atoms with Gasteiger partial charge in [-0.25, -0.2) is 17.9 Å². The average molecular weight is 295 g/mol. The molecular formula is C15H16F3N3. The molecule has 1 aliphatic rings. The monoisotopic (exact) mass is 295 g/mol. The number of nitrogens with one attached hydrogen (secondary N) is 1. The van der Waals surface area contributed by atoms with Gasteiger partial charge < -0.3 is 5.32 Å². The van der Waals surface area contributed by atoms with E-state index in [9.17, 15) is 13.2 Å². The molecule has 3 rings (SSSR count). The predicted octanol–water partition coefficient (Wildman–Crippen LogP) is 3.28. The maximum atomic E-state index is 14.0. The van der Waals surface area contributed by atoms with E-state index < -0.39 is 17.5 Å². The van der Waals surface area contributed by atoms with Crippen LogP contribution in [0.2, 0.25) is 0 Å². The number of aromatic nitrogens is 2. The van der Waals surface area contributed by atoms with Crippen LogP contribution in [0.25, 0.3) is 5.69 Å². The summed E-state index contributed by atoms with van der Waals surface area (Å²) in [4.78, 5) is 0. The molecule has 0 atom stereocenters. The Balaban J connectivity index is 2.06. The highest BCUT2D eigenvalue weighted by molar-refractivity contribution is 5.39. The van der Waals surface area contributed by atoms with Crippen molar-refractivity contribution < 1.29 is 13.2 Å². The first-order valence-corrected chi connectivity index (χ1v) is 7.04. The summed E-state index contributed by atoms with van der Waals surface area (Å²) in [6.07, 6.45) is 3.68. The van der Waals surface area contributed by atoms with Gasteiger partial charge in [0, 0.05) is 30.2 Å². The number of benzene rings is 1. The zero-order valence-corrected chi connectivity index (χ0v) is 11.7. The van der Waals surface area contributed by atoms with E-state index in [2.05, 4.69) is 10.4 Å². The van der Waals surface area contributed by atoms with Crippen LogP contribution in [0.1, 0.15) is 36.9 Å². The van der Waals surface area contributed by atoms with Crippen LogP contribution in [0.15, 0.2) is 18.3 Å². The fourth-order valence-electron chi connectivity index (χ4n) is 2.45. The van der Waals surface area contributed by atoms with Gasteiger partial charge in [0.05, 0.1) is 11.9 Å². The zero-order valence-electron chi connectivity index (χ0n) is 11.7. The first-order chi connectivity index (χ1) is 10.1. The Hall–Kier alpha value is -1.82. The Morgan fingerprint density at radius 2 is 1.90 bits per heavy atom. The molecule has 6 heteroatoms. The second-order valence-electron chi connectivity index (χ2n) is 5.24. The van der Waals surface area contributed by atoms with Crippen molar-refractivity contribution in [1.82, 2.24) is 15.1 Å². The third kappa shape index (κ3) is 2.68. The summed E-state index contributed by atoms with van der Waals surface area (Å²) in [6, 6.07) is 1.42. The van der Waals surface area contributed by atoms with Gasteiger partial charge in [-0.2, -0.15) is 5.10 Å². The standard InChI is InChI=1S/C15H16F3N3/c1-2-19-7-10-8-20-21(15(10)9-3-4-9)14-6-12(17)11(16)5-13(14)18/h5-6,8-9,19H,2-4,7H2,1H3. The second kappa shape index (κ2) is 5.52. The highest BCUT2D eigenvalue weighted by Crippen LogP contribution is 2.42. The molecule has 1 saturated carbocycles. The van der Waals surface area contributed by atoms with E-state index in [4.69, 9.17) is 0 Å². The van der Waals surface area contributed by atoms with Crippen molar-refractivity contribution in [1.29, 1.82) is 0 Å². The second-order valence-corrected chi connectivity index (χ2v) is 5.24. The molecular weight excluding hydrogens is 279 g/mol. The molecule has 0 aliphatic heterocycles. The van der Waals surface area contributed by atoms with Gasteiger partial charge in [0.25, 0.3) is 0 Å². The molecule has 1 N–H and O–H groups in total. The Morgan fingerprint density at radius 3 is 2.57 bits per heavy atom. The van der Waals surface area contributed by atoms with Gasteiger partial charge in [-0.05, 0) is 19.4 Å². The normalized spacial score (nSPS) is 14.7. The molecule has 0 radical (unpaired) electrons. The Kier molecular flexibility index (Phi) is 3.71. The van der Waals surface area contributed by atoms with Crippen molar-refractivity contribution in [2.45, 2.75) is 32.2 Å². The van der Waals surface area contributed by atoms with E-state index in [-0.39, 0.29) is 5.69 Å². The van der Waals surface area contributed by atoms with E-state index in [1.807, 2.05) is 6.92 Å². The van der Waals surface area contributed by atoms with Crippen LogP contribution < -0.4 is 5.32 Å². The topological polar surface area (TPSA) is 29.9 Å². The molecule has 1 aromatic carbocycles. The van der Waals surface area contributed by atoms with Crippen molar-refractivity contribution in [2.24, 2.45) is 0 Å². The zero-order chi connectivity index (χ0) is 15.0. The van der Waals surface area contributed by atoms with Crippen molar-refractivity contribution in [3.05, 3.63) is 47.0 Å². The number of hydrogen-bond donors (Lipinski definition) is 1. The minimum atomic E-state index is -1.19. The fourth-order valence-corrected chi connectivity index (χ4v) is 2.45.